The normalized spacial score (nSPS) is 20.1. The standard InChI is InChI=1S/C20H25FN6O2/c1-28-17-10-13(5-6-14(17)21)23-20-16-4-3-8-27(16)25-19(24-20)12-26-9-7-15(22)18(11-26)29-2/h3-6,8,10,15,18H,7,9,11-12,22H2,1-2H3,(H,23,24,25)/t15-,18-/m1/s1. The zero-order valence-electron chi connectivity index (χ0n) is 16.5. The first kappa shape index (κ1) is 19.6. The van der Waals surface area contributed by atoms with Gasteiger partial charge in [-0.15, -0.1) is 0 Å². The van der Waals surface area contributed by atoms with E-state index < -0.39 is 5.82 Å². The molecule has 1 aromatic carbocycles. The van der Waals surface area contributed by atoms with Gasteiger partial charge in [-0.3, -0.25) is 4.90 Å². The first-order valence-electron chi connectivity index (χ1n) is 9.53. The fourth-order valence-electron chi connectivity index (χ4n) is 3.60. The van der Waals surface area contributed by atoms with Gasteiger partial charge in [0.25, 0.3) is 0 Å². The molecule has 8 nitrogen and oxygen atoms in total. The summed E-state index contributed by atoms with van der Waals surface area (Å²) in [6.45, 7) is 2.19. The molecule has 1 saturated heterocycles. The lowest BCUT2D eigenvalue weighted by Crippen LogP contribution is -2.51. The number of benzene rings is 1. The molecule has 0 aliphatic carbocycles. The topological polar surface area (TPSA) is 89.9 Å². The molecule has 1 aliphatic rings. The molecule has 0 radical (unpaired) electrons. The minimum Gasteiger partial charge on any atom is -0.494 e. The number of likely N-dealkylation sites (tertiary alicyclic amines) is 1. The molecular weight excluding hydrogens is 375 g/mol. The van der Waals surface area contributed by atoms with Crippen LogP contribution in [0.1, 0.15) is 12.2 Å². The molecule has 0 bridgehead atoms. The van der Waals surface area contributed by atoms with Crippen molar-refractivity contribution in [2.75, 3.05) is 32.6 Å². The maximum Gasteiger partial charge on any atom is 0.165 e. The average Bonchev–Trinajstić information content (AvgIpc) is 3.19. The second-order valence-corrected chi connectivity index (χ2v) is 7.15. The summed E-state index contributed by atoms with van der Waals surface area (Å²) in [6.07, 6.45) is 2.74. The predicted molar refractivity (Wildman–Crippen MR) is 108 cm³/mol. The van der Waals surface area contributed by atoms with Crippen LogP contribution in [0, 0.1) is 5.82 Å². The Bertz CT molecular complexity index is 994. The molecule has 2 atom stereocenters. The van der Waals surface area contributed by atoms with E-state index in [1.165, 1.54) is 13.2 Å². The molecule has 0 spiro atoms. The van der Waals surface area contributed by atoms with Crippen LogP contribution in [0.4, 0.5) is 15.9 Å². The number of rotatable bonds is 6. The van der Waals surface area contributed by atoms with Crippen LogP contribution in [-0.2, 0) is 11.3 Å². The highest BCUT2D eigenvalue weighted by atomic mass is 19.1. The van der Waals surface area contributed by atoms with Crippen molar-refractivity contribution in [1.29, 1.82) is 0 Å². The number of piperidine rings is 1. The summed E-state index contributed by atoms with van der Waals surface area (Å²) in [5, 5.41) is 7.87. The van der Waals surface area contributed by atoms with Gasteiger partial charge in [-0.1, -0.05) is 0 Å². The van der Waals surface area contributed by atoms with E-state index in [9.17, 15) is 4.39 Å². The third-order valence-electron chi connectivity index (χ3n) is 5.21. The number of nitrogens with one attached hydrogen (secondary N) is 1. The van der Waals surface area contributed by atoms with Gasteiger partial charge in [0.2, 0.25) is 0 Å². The molecule has 9 heteroatoms. The van der Waals surface area contributed by atoms with Crippen molar-refractivity contribution in [2.24, 2.45) is 5.73 Å². The number of hydrogen-bond acceptors (Lipinski definition) is 7. The third-order valence-corrected chi connectivity index (χ3v) is 5.21. The first-order valence-corrected chi connectivity index (χ1v) is 9.53. The number of methoxy groups -OCH3 is 2. The highest BCUT2D eigenvalue weighted by molar-refractivity contribution is 5.73. The molecular formula is C20H25FN6O2. The maximum absolute atomic E-state index is 13.7. The summed E-state index contributed by atoms with van der Waals surface area (Å²) in [5.41, 5.74) is 7.62. The smallest absolute Gasteiger partial charge is 0.165 e. The van der Waals surface area contributed by atoms with Gasteiger partial charge in [0.05, 0.1) is 19.8 Å². The van der Waals surface area contributed by atoms with Crippen molar-refractivity contribution in [3.63, 3.8) is 0 Å². The summed E-state index contributed by atoms with van der Waals surface area (Å²) in [7, 11) is 3.13. The molecule has 1 aliphatic heterocycles. The van der Waals surface area contributed by atoms with E-state index in [0.29, 0.717) is 23.9 Å². The van der Waals surface area contributed by atoms with Gasteiger partial charge in [-0.25, -0.2) is 13.9 Å². The van der Waals surface area contributed by atoms with Gasteiger partial charge in [-0.05, 0) is 30.7 Å². The summed E-state index contributed by atoms with van der Waals surface area (Å²) >= 11 is 0. The quantitative estimate of drug-likeness (QED) is 0.655. The zero-order chi connectivity index (χ0) is 20.4. The van der Waals surface area contributed by atoms with Crippen molar-refractivity contribution in [1.82, 2.24) is 19.5 Å². The minimum atomic E-state index is -0.412. The van der Waals surface area contributed by atoms with Crippen molar-refractivity contribution in [2.45, 2.75) is 25.1 Å². The number of aromatic nitrogens is 3. The van der Waals surface area contributed by atoms with Crippen molar-refractivity contribution in [3.8, 4) is 5.75 Å². The van der Waals surface area contributed by atoms with Crippen molar-refractivity contribution in [3.05, 3.63) is 48.2 Å². The Labute approximate surface area is 168 Å². The highest BCUT2D eigenvalue weighted by Gasteiger charge is 2.27. The van der Waals surface area contributed by atoms with Crippen LogP contribution in [0.15, 0.2) is 36.5 Å². The molecule has 3 heterocycles. The Balaban J connectivity index is 1.59. The summed E-state index contributed by atoms with van der Waals surface area (Å²) in [6, 6.07) is 8.49. The van der Waals surface area contributed by atoms with Crippen molar-refractivity contribution >= 4 is 17.0 Å². The fraction of sp³-hybridized carbons (Fsp3) is 0.400. The number of nitrogens with two attached hydrogens (primary N) is 1. The van der Waals surface area contributed by atoms with E-state index >= 15 is 0 Å². The second kappa shape index (κ2) is 8.32. The molecule has 154 valence electrons. The highest BCUT2D eigenvalue weighted by Crippen LogP contribution is 2.26. The molecule has 4 rings (SSSR count). The number of anilines is 2. The summed E-state index contributed by atoms with van der Waals surface area (Å²) in [5.74, 6) is 1.08. The lowest BCUT2D eigenvalue weighted by Gasteiger charge is -2.35. The number of halogens is 1. The Kier molecular flexibility index (Phi) is 5.61. The second-order valence-electron chi connectivity index (χ2n) is 7.15. The molecule has 3 aromatic rings. The minimum absolute atomic E-state index is 0.00309. The molecule has 0 unspecified atom stereocenters. The van der Waals surface area contributed by atoms with Gasteiger partial charge >= 0.3 is 0 Å². The van der Waals surface area contributed by atoms with Gasteiger partial charge in [0, 0.05) is 44.2 Å². The zero-order valence-corrected chi connectivity index (χ0v) is 16.5. The van der Waals surface area contributed by atoms with E-state index in [-0.39, 0.29) is 17.9 Å². The largest absolute Gasteiger partial charge is 0.494 e. The molecule has 2 aromatic heterocycles. The number of hydrogen-bond donors (Lipinski definition) is 2. The third kappa shape index (κ3) is 4.16. The maximum atomic E-state index is 13.7. The number of ether oxygens (including phenoxy) is 2. The van der Waals surface area contributed by atoms with E-state index in [2.05, 4.69) is 15.3 Å². The van der Waals surface area contributed by atoms with E-state index in [1.54, 1.807) is 23.8 Å². The van der Waals surface area contributed by atoms with Gasteiger partial charge in [0.15, 0.2) is 23.2 Å². The predicted octanol–water partition coefficient (Wildman–Crippen LogP) is 2.17. The lowest BCUT2D eigenvalue weighted by atomic mass is 10.0. The van der Waals surface area contributed by atoms with Crippen LogP contribution < -0.4 is 15.8 Å². The van der Waals surface area contributed by atoms with Gasteiger partial charge < -0.3 is 20.5 Å². The fourth-order valence-corrected chi connectivity index (χ4v) is 3.60. The summed E-state index contributed by atoms with van der Waals surface area (Å²) in [4.78, 5) is 6.96. The van der Waals surface area contributed by atoms with Crippen LogP contribution in [0.5, 0.6) is 5.75 Å². The monoisotopic (exact) mass is 400 g/mol. The SMILES string of the molecule is COc1cc(Nc2nc(CN3CC[C@@H](N)[C@H](OC)C3)nn3cccc23)ccc1F. The molecule has 3 N–H and O–H groups in total. The Hall–Kier alpha value is -2.75. The molecule has 1 fully saturated rings. The Morgan fingerprint density at radius 2 is 2.17 bits per heavy atom. The van der Waals surface area contributed by atoms with Crippen LogP contribution in [0.25, 0.3) is 5.52 Å². The van der Waals surface area contributed by atoms with Crippen LogP contribution >= 0.6 is 0 Å². The number of fused-ring (bicyclic) bond motifs is 1. The number of nitrogens with zero attached hydrogens (tertiary/aromatic N) is 4. The molecule has 29 heavy (non-hydrogen) atoms. The molecule has 0 amide bonds. The van der Waals surface area contributed by atoms with Crippen LogP contribution in [-0.4, -0.2) is 59.0 Å². The van der Waals surface area contributed by atoms with Gasteiger partial charge in [0.1, 0.15) is 5.52 Å². The Morgan fingerprint density at radius 3 is 2.97 bits per heavy atom. The summed E-state index contributed by atoms with van der Waals surface area (Å²) < 4.78 is 26.1. The Morgan fingerprint density at radius 1 is 1.31 bits per heavy atom. The van der Waals surface area contributed by atoms with Crippen molar-refractivity contribution < 1.29 is 13.9 Å². The van der Waals surface area contributed by atoms with Crippen LogP contribution in [0.2, 0.25) is 0 Å². The van der Waals surface area contributed by atoms with E-state index in [0.717, 1.165) is 25.0 Å². The lowest BCUT2D eigenvalue weighted by molar-refractivity contribution is 0.0131. The van der Waals surface area contributed by atoms with Crippen LogP contribution in [0.3, 0.4) is 0 Å². The van der Waals surface area contributed by atoms with E-state index in [1.807, 2.05) is 18.3 Å². The van der Waals surface area contributed by atoms with E-state index in [4.69, 9.17) is 20.2 Å². The molecule has 0 saturated carbocycles. The first-order chi connectivity index (χ1) is 14.1. The van der Waals surface area contributed by atoms with Gasteiger partial charge in [-0.2, -0.15) is 5.10 Å². The average molecular weight is 400 g/mol.